The molecule has 0 saturated carbocycles. The number of thiazole rings is 1. The fraction of sp³-hybridized carbons (Fsp3) is 0.409. The van der Waals surface area contributed by atoms with Crippen molar-refractivity contribution in [2.75, 3.05) is 32.8 Å². The van der Waals surface area contributed by atoms with Crippen molar-refractivity contribution >= 4 is 44.7 Å². The molecule has 15 heteroatoms. The third kappa shape index (κ3) is 8.88. The molecule has 0 radical (unpaired) electrons. The quantitative estimate of drug-likeness (QED) is 0.107. The molecule has 13 nitrogen and oxygen atoms in total. The van der Waals surface area contributed by atoms with E-state index in [1.165, 1.54) is 9.78 Å². The standard InChI is InChI=1S/C44H49N7O6S2/c1-25(2)40(44(55)51-23-32(52)21-35(51)42(54)46-26(3)28-9-11-30(12-10-28)41-27(4)45-24-58-41)37-22-39(49-57-37)56-18-17-50-15-13-29(14-16-50)38-20-31-19-34(47-48-43(31)59-38)33-7-5-6-8-36(33)53/h5-12,19-20,22,24-26,29,32,35,40,52-53H,13-18,21,23H2,1-4H3,(H,46,54)/t26-,32+,35-,40+/m0/s1. The van der Waals surface area contributed by atoms with Crippen molar-refractivity contribution in [3.63, 3.8) is 0 Å². The van der Waals surface area contributed by atoms with Crippen molar-refractivity contribution in [2.24, 2.45) is 5.92 Å². The van der Waals surface area contributed by atoms with E-state index in [-0.39, 0.29) is 42.5 Å². The number of aromatic hydroxyl groups is 1. The summed E-state index contributed by atoms with van der Waals surface area (Å²) in [6.45, 7) is 10.8. The number of β-amino-alcohol motifs (C(OH)–C–C–N with tert-alkyl or cyclic N) is 1. The number of phenolic OH excluding ortho intramolecular Hbond substituents is 1. The van der Waals surface area contributed by atoms with Crippen molar-refractivity contribution in [1.82, 2.24) is 35.5 Å². The maximum absolute atomic E-state index is 14.2. The number of aliphatic hydroxyl groups is 1. The fourth-order valence-corrected chi connectivity index (χ4v) is 10.2. The zero-order valence-electron chi connectivity index (χ0n) is 33.6. The third-order valence-electron chi connectivity index (χ3n) is 11.5. The van der Waals surface area contributed by atoms with Gasteiger partial charge in [0.1, 0.15) is 29.1 Å². The number of rotatable bonds is 13. The summed E-state index contributed by atoms with van der Waals surface area (Å²) < 4.78 is 11.7. The Morgan fingerprint density at radius 1 is 1.03 bits per heavy atom. The number of carbonyl (C=O) groups is 2. The number of carbonyl (C=O) groups excluding carboxylic acids is 2. The van der Waals surface area contributed by atoms with E-state index in [1.807, 2.05) is 75.7 Å². The molecular weight excluding hydrogens is 787 g/mol. The van der Waals surface area contributed by atoms with Gasteiger partial charge in [0.05, 0.1) is 33.9 Å². The zero-order chi connectivity index (χ0) is 41.2. The van der Waals surface area contributed by atoms with Crippen LogP contribution in [0, 0.1) is 12.8 Å². The molecule has 2 saturated heterocycles. The molecule has 8 rings (SSSR count). The summed E-state index contributed by atoms with van der Waals surface area (Å²) in [7, 11) is 0. The van der Waals surface area contributed by atoms with Gasteiger partial charge in [0.2, 0.25) is 11.8 Å². The topological polar surface area (TPSA) is 167 Å². The van der Waals surface area contributed by atoms with Gasteiger partial charge in [-0.05, 0) is 92.2 Å². The molecule has 4 atom stereocenters. The number of benzene rings is 2. The van der Waals surface area contributed by atoms with E-state index in [9.17, 15) is 19.8 Å². The van der Waals surface area contributed by atoms with Gasteiger partial charge < -0.3 is 29.7 Å². The first-order valence-corrected chi connectivity index (χ1v) is 21.9. The summed E-state index contributed by atoms with van der Waals surface area (Å²) in [4.78, 5) is 39.3. The highest BCUT2D eigenvalue weighted by Gasteiger charge is 2.43. The first kappa shape index (κ1) is 40.6. The van der Waals surface area contributed by atoms with Gasteiger partial charge in [0.25, 0.3) is 5.88 Å². The van der Waals surface area contributed by atoms with E-state index < -0.39 is 18.1 Å². The first-order chi connectivity index (χ1) is 28.5. The summed E-state index contributed by atoms with van der Waals surface area (Å²) in [5.74, 6) is -0.179. The number of para-hydroxylation sites is 1. The second-order valence-corrected chi connectivity index (χ2v) is 17.8. The predicted octanol–water partition coefficient (Wildman–Crippen LogP) is 7.32. The van der Waals surface area contributed by atoms with Crippen LogP contribution in [0.2, 0.25) is 0 Å². The van der Waals surface area contributed by atoms with E-state index in [4.69, 9.17) is 9.26 Å². The molecule has 2 aliphatic rings. The largest absolute Gasteiger partial charge is 0.507 e. The average Bonchev–Trinajstić information content (AvgIpc) is 4.05. The van der Waals surface area contributed by atoms with Gasteiger partial charge in [-0.1, -0.05) is 50.2 Å². The van der Waals surface area contributed by atoms with E-state index >= 15 is 0 Å². The molecule has 0 unspecified atom stereocenters. The Hall–Kier alpha value is -5.22. The zero-order valence-corrected chi connectivity index (χ0v) is 35.2. The minimum Gasteiger partial charge on any atom is -0.507 e. The van der Waals surface area contributed by atoms with Crippen LogP contribution in [0.4, 0.5) is 0 Å². The number of aryl methyl sites for hydroxylation is 1. The van der Waals surface area contributed by atoms with Crippen LogP contribution in [0.5, 0.6) is 11.6 Å². The number of aromatic nitrogens is 4. The second kappa shape index (κ2) is 17.6. The number of nitrogens with zero attached hydrogens (tertiary/aromatic N) is 6. The van der Waals surface area contributed by atoms with Crippen molar-refractivity contribution in [2.45, 2.75) is 77.0 Å². The molecule has 6 aromatic rings. The molecule has 4 aromatic heterocycles. The van der Waals surface area contributed by atoms with E-state index in [0.29, 0.717) is 35.4 Å². The molecule has 59 heavy (non-hydrogen) atoms. The number of thiophene rings is 1. The Morgan fingerprint density at radius 3 is 2.54 bits per heavy atom. The van der Waals surface area contributed by atoms with Crippen LogP contribution in [0.1, 0.15) is 79.8 Å². The lowest BCUT2D eigenvalue weighted by atomic mass is 9.91. The van der Waals surface area contributed by atoms with Crippen LogP contribution >= 0.6 is 22.7 Å². The lowest BCUT2D eigenvalue weighted by Crippen LogP contribution is -2.48. The molecule has 6 heterocycles. The minimum absolute atomic E-state index is 0.0587. The number of likely N-dealkylation sites (tertiary alicyclic amines) is 2. The summed E-state index contributed by atoms with van der Waals surface area (Å²) in [6.07, 6.45) is 1.37. The monoisotopic (exact) mass is 835 g/mol. The molecule has 2 aromatic carbocycles. The van der Waals surface area contributed by atoms with Gasteiger partial charge in [0, 0.05) is 41.4 Å². The lowest BCUT2D eigenvalue weighted by Gasteiger charge is -2.31. The molecule has 308 valence electrons. The smallest absolute Gasteiger partial charge is 0.254 e. The summed E-state index contributed by atoms with van der Waals surface area (Å²) in [5.41, 5.74) is 6.15. The molecule has 2 aliphatic heterocycles. The molecule has 2 fully saturated rings. The molecule has 0 aliphatic carbocycles. The number of aliphatic hydroxyl groups excluding tert-OH is 1. The highest BCUT2D eigenvalue weighted by Crippen LogP contribution is 2.38. The SMILES string of the molecule is Cc1ncsc1-c1ccc([C@H](C)NC(=O)[C@@H]2C[C@@H](O)CN2C(=O)[C@@H](c2cc(OCCN3CCC(c4cc5cc(-c6ccccc6O)nnc5s4)CC3)no2)C(C)C)cc1. The van der Waals surface area contributed by atoms with Crippen molar-refractivity contribution in [1.29, 1.82) is 0 Å². The molecule has 2 amide bonds. The normalized spacial score (nSPS) is 18.7. The van der Waals surface area contributed by atoms with Gasteiger partial charge in [0.15, 0.2) is 5.76 Å². The number of amides is 2. The average molecular weight is 836 g/mol. The third-order valence-corrected chi connectivity index (χ3v) is 13.7. The summed E-state index contributed by atoms with van der Waals surface area (Å²) in [5, 5.41) is 38.0. The van der Waals surface area contributed by atoms with Gasteiger partial charge in [-0.15, -0.1) is 32.9 Å². The van der Waals surface area contributed by atoms with Crippen LogP contribution < -0.4 is 10.1 Å². The number of hydrogen-bond donors (Lipinski definition) is 3. The van der Waals surface area contributed by atoms with E-state index in [2.05, 4.69) is 36.6 Å². The van der Waals surface area contributed by atoms with Gasteiger partial charge >= 0.3 is 0 Å². The number of ether oxygens (including phenoxy) is 1. The molecule has 0 spiro atoms. The van der Waals surface area contributed by atoms with Crippen LogP contribution in [-0.4, -0.2) is 97.1 Å². The Balaban J connectivity index is 0.831. The van der Waals surface area contributed by atoms with Crippen LogP contribution in [0.25, 0.3) is 31.9 Å². The molecular formula is C44H49N7O6S2. The highest BCUT2D eigenvalue weighted by atomic mass is 32.1. The maximum Gasteiger partial charge on any atom is 0.254 e. The Morgan fingerprint density at radius 2 is 1.81 bits per heavy atom. The number of piperidine rings is 1. The number of nitrogens with one attached hydrogen (secondary N) is 1. The predicted molar refractivity (Wildman–Crippen MR) is 227 cm³/mol. The van der Waals surface area contributed by atoms with Crippen molar-refractivity contribution in [3.05, 3.63) is 94.1 Å². The Labute approximate surface area is 351 Å². The van der Waals surface area contributed by atoms with Gasteiger partial charge in [-0.3, -0.25) is 14.5 Å². The van der Waals surface area contributed by atoms with Crippen LogP contribution in [-0.2, 0) is 9.59 Å². The fourth-order valence-electron chi connectivity index (χ4n) is 8.22. The summed E-state index contributed by atoms with van der Waals surface area (Å²) >= 11 is 3.28. The van der Waals surface area contributed by atoms with Crippen LogP contribution in [0.15, 0.2) is 76.8 Å². The summed E-state index contributed by atoms with van der Waals surface area (Å²) in [6, 6.07) is 20.0. The Bertz CT molecular complexity index is 2400. The van der Waals surface area contributed by atoms with Gasteiger partial charge in [-0.25, -0.2) is 4.98 Å². The van der Waals surface area contributed by atoms with Gasteiger partial charge in [-0.2, -0.15) is 0 Å². The number of phenols is 1. The van der Waals surface area contributed by atoms with Crippen LogP contribution in [0.3, 0.4) is 0 Å². The maximum atomic E-state index is 14.2. The van der Waals surface area contributed by atoms with Crippen molar-refractivity contribution in [3.8, 4) is 33.3 Å². The highest BCUT2D eigenvalue weighted by molar-refractivity contribution is 7.18. The Kier molecular flexibility index (Phi) is 12.1. The molecule has 0 bridgehead atoms. The van der Waals surface area contributed by atoms with Crippen molar-refractivity contribution < 1.29 is 29.1 Å². The molecule has 3 N–H and O–H groups in total. The lowest BCUT2D eigenvalue weighted by molar-refractivity contribution is -0.141. The second-order valence-electron chi connectivity index (χ2n) is 15.9. The number of fused-ring (bicyclic) bond motifs is 1. The minimum atomic E-state index is -0.821. The van der Waals surface area contributed by atoms with E-state index in [0.717, 1.165) is 64.4 Å². The first-order valence-electron chi connectivity index (χ1n) is 20.2. The number of hydrogen-bond acceptors (Lipinski definition) is 13. The van der Waals surface area contributed by atoms with E-state index in [1.54, 1.807) is 40.9 Å².